The first-order chi connectivity index (χ1) is 15.1. The van der Waals surface area contributed by atoms with Gasteiger partial charge in [-0.1, -0.05) is 6.07 Å². The maximum absolute atomic E-state index is 10.4. The molecule has 2 aliphatic rings. The summed E-state index contributed by atoms with van der Waals surface area (Å²) in [6, 6.07) is 6.20. The monoisotopic (exact) mass is 427 g/mol. The van der Waals surface area contributed by atoms with E-state index in [9.17, 15) is 15.3 Å². The van der Waals surface area contributed by atoms with Crippen LogP contribution in [0.3, 0.4) is 0 Å². The summed E-state index contributed by atoms with van der Waals surface area (Å²) < 4.78 is 12.5. The fourth-order valence-corrected chi connectivity index (χ4v) is 4.49. The molecule has 3 heterocycles. The molecule has 1 aliphatic carbocycles. The van der Waals surface area contributed by atoms with Crippen molar-refractivity contribution < 1.29 is 24.8 Å². The van der Waals surface area contributed by atoms with Crippen molar-refractivity contribution in [3.8, 4) is 5.75 Å². The summed E-state index contributed by atoms with van der Waals surface area (Å²) in [4.78, 5) is 13.2. The van der Waals surface area contributed by atoms with E-state index in [4.69, 9.17) is 9.47 Å². The highest BCUT2D eigenvalue weighted by atomic mass is 16.6. The lowest BCUT2D eigenvalue weighted by molar-refractivity contribution is -0.0511. The molecule has 0 saturated carbocycles. The number of ether oxygens (including phenoxy) is 2. The SMILES string of the molecule is COc1ccc2c(c1)CCCC2Nc1ncnc2c1ncn2[C@@H]1O[C@H](CO)C(O)C1O. The van der Waals surface area contributed by atoms with E-state index in [0.29, 0.717) is 17.0 Å². The average Bonchev–Trinajstić information content (AvgIpc) is 3.35. The third-order valence-electron chi connectivity index (χ3n) is 6.13. The van der Waals surface area contributed by atoms with E-state index in [1.165, 1.54) is 23.8 Å². The minimum atomic E-state index is -1.21. The topological polar surface area (TPSA) is 135 Å². The van der Waals surface area contributed by atoms with Crippen molar-refractivity contribution in [3.05, 3.63) is 42.0 Å². The number of aliphatic hydroxyl groups excluding tert-OH is 3. The number of benzene rings is 1. The van der Waals surface area contributed by atoms with Gasteiger partial charge in [-0.2, -0.15) is 0 Å². The predicted molar refractivity (Wildman–Crippen MR) is 111 cm³/mol. The van der Waals surface area contributed by atoms with Gasteiger partial charge < -0.3 is 30.1 Å². The third-order valence-corrected chi connectivity index (χ3v) is 6.13. The van der Waals surface area contributed by atoms with Gasteiger partial charge in [-0.3, -0.25) is 4.57 Å². The van der Waals surface area contributed by atoms with Crippen LogP contribution in [-0.4, -0.2) is 66.9 Å². The number of fused-ring (bicyclic) bond motifs is 2. The normalized spacial score (nSPS) is 27.9. The van der Waals surface area contributed by atoms with Crippen LogP contribution in [0.25, 0.3) is 11.2 Å². The van der Waals surface area contributed by atoms with Crippen LogP contribution in [0, 0.1) is 0 Å². The molecule has 5 rings (SSSR count). The zero-order chi connectivity index (χ0) is 21.5. The van der Waals surface area contributed by atoms with Crippen molar-refractivity contribution in [2.24, 2.45) is 0 Å². The van der Waals surface area contributed by atoms with E-state index in [0.717, 1.165) is 25.0 Å². The number of methoxy groups -OCH3 is 1. The highest BCUT2D eigenvalue weighted by Crippen LogP contribution is 2.36. The summed E-state index contributed by atoms with van der Waals surface area (Å²) in [6.45, 7) is -0.394. The Kier molecular flexibility index (Phi) is 5.22. The Morgan fingerprint density at radius 2 is 2.10 bits per heavy atom. The first-order valence-electron chi connectivity index (χ1n) is 10.3. The maximum Gasteiger partial charge on any atom is 0.167 e. The Bertz CT molecular complexity index is 1090. The molecule has 31 heavy (non-hydrogen) atoms. The second-order valence-electron chi connectivity index (χ2n) is 7.93. The van der Waals surface area contributed by atoms with Gasteiger partial charge in [0, 0.05) is 0 Å². The van der Waals surface area contributed by atoms with Gasteiger partial charge in [-0.05, 0) is 42.5 Å². The van der Waals surface area contributed by atoms with Crippen molar-refractivity contribution in [1.82, 2.24) is 19.5 Å². The molecule has 1 saturated heterocycles. The molecular formula is C21H25N5O5. The molecule has 3 aromatic rings. The molecular weight excluding hydrogens is 402 g/mol. The van der Waals surface area contributed by atoms with Crippen LogP contribution >= 0.6 is 0 Å². The minimum absolute atomic E-state index is 0.0758. The van der Waals surface area contributed by atoms with Crippen LogP contribution in [0.4, 0.5) is 5.82 Å². The first-order valence-corrected chi connectivity index (χ1v) is 10.3. The molecule has 164 valence electrons. The molecule has 10 heteroatoms. The molecule has 1 aliphatic heterocycles. The zero-order valence-electron chi connectivity index (χ0n) is 17.0. The average molecular weight is 427 g/mol. The van der Waals surface area contributed by atoms with Crippen LogP contribution in [-0.2, 0) is 11.2 Å². The molecule has 0 amide bonds. The number of hydrogen-bond donors (Lipinski definition) is 4. The first kappa shape index (κ1) is 20.1. The lowest BCUT2D eigenvalue weighted by Crippen LogP contribution is -2.33. The van der Waals surface area contributed by atoms with E-state index < -0.39 is 31.1 Å². The molecule has 0 radical (unpaired) electrons. The van der Waals surface area contributed by atoms with E-state index >= 15 is 0 Å². The third kappa shape index (κ3) is 3.41. The van der Waals surface area contributed by atoms with Crippen LogP contribution in [0.2, 0.25) is 0 Å². The van der Waals surface area contributed by atoms with E-state index in [1.807, 2.05) is 6.07 Å². The molecule has 0 bridgehead atoms. The van der Waals surface area contributed by atoms with Gasteiger partial charge in [0.2, 0.25) is 0 Å². The number of nitrogens with zero attached hydrogens (tertiary/aromatic N) is 4. The highest BCUT2D eigenvalue weighted by molar-refractivity contribution is 5.83. The van der Waals surface area contributed by atoms with Crippen molar-refractivity contribution in [3.63, 3.8) is 0 Å². The van der Waals surface area contributed by atoms with Gasteiger partial charge in [-0.25, -0.2) is 15.0 Å². The number of rotatable bonds is 5. The number of aliphatic hydroxyl groups is 3. The number of anilines is 1. The lowest BCUT2D eigenvalue weighted by atomic mass is 9.87. The van der Waals surface area contributed by atoms with Crippen LogP contribution in [0.1, 0.15) is 36.2 Å². The quantitative estimate of drug-likeness (QED) is 0.469. The predicted octanol–water partition coefficient (Wildman–Crippen LogP) is 0.936. The van der Waals surface area contributed by atoms with E-state index in [1.54, 1.807) is 11.7 Å². The molecule has 2 aromatic heterocycles. The lowest BCUT2D eigenvalue weighted by Gasteiger charge is -2.27. The number of aromatic nitrogens is 4. The molecule has 1 aromatic carbocycles. The van der Waals surface area contributed by atoms with Crippen molar-refractivity contribution >= 4 is 17.0 Å². The summed E-state index contributed by atoms with van der Waals surface area (Å²) >= 11 is 0. The van der Waals surface area contributed by atoms with Gasteiger partial charge >= 0.3 is 0 Å². The highest BCUT2D eigenvalue weighted by Gasteiger charge is 2.44. The van der Waals surface area contributed by atoms with Gasteiger partial charge in [0.15, 0.2) is 23.2 Å². The molecule has 1 fully saturated rings. The van der Waals surface area contributed by atoms with Crippen molar-refractivity contribution in [2.45, 2.75) is 49.8 Å². The molecule has 0 spiro atoms. The molecule has 3 unspecified atom stereocenters. The van der Waals surface area contributed by atoms with Gasteiger partial charge in [0.05, 0.1) is 26.1 Å². The minimum Gasteiger partial charge on any atom is -0.497 e. The number of aryl methyl sites for hydroxylation is 1. The fourth-order valence-electron chi connectivity index (χ4n) is 4.49. The summed E-state index contributed by atoms with van der Waals surface area (Å²) in [5.74, 6) is 1.44. The standard InChI is InChI=1S/C21H25N5O5/c1-30-12-5-6-13-11(7-12)3-2-4-14(13)25-19-16-20(23-9-22-19)26(10-24-16)21-18(29)17(28)15(8-27)31-21/h5-7,9-10,14-15,17-18,21,27-29H,2-4,8H2,1H3,(H,22,23,25)/t14?,15-,17?,18?,21-/m1/s1. The van der Waals surface area contributed by atoms with E-state index in [2.05, 4.69) is 32.4 Å². The number of nitrogens with one attached hydrogen (secondary N) is 1. The van der Waals surface area contributed by atoms with Crippen LogP contribution < -0.4 is 10.1 Å². The largest absolute Gasteiger partial charge is 0.497 e. The molecule has 5 atom stereocenters. The van der Waals surface area contributed by atoms with Gasteiger partial charge in [0.25, 0.3) is 0 Å². The van der Waals surface area contributed by atoms with Crippen LogP contribution in [0.5, 0.6) is 5.75 Å². The van der Waals surface area contributed by atoms with Crippen molar-refractivity contribution in [2.75, 3.05) is 19.0 Å². The summed E-state index contributed by atoms with van der Waals surface area (Å²) in [7, 11) is 1.67. The smallest absolute Gasteiger partial charge is 0.167 e. The second kappa shape index (κ2) is 8.04. The van der Waals surface area contributed by atoms with Gasteiger partial charge in [-0.15, -0.1) is 0 Å². The number of imidazole rings is 1. The maximum atomic E-state index is 10.4. The Morgan fingerprint density at radius 1 is 1.23 bits per heavy atom. The zero-order valence-corrected chi connectivity index (χ0v) is 17.0. The van der Waals surface area contributed by atoms with E-state index in [-0.39, 0.29) is 6.04 Å². The Morgan fingerprint density at radius 3 is 2.87 bits per heavy atom. The van der Waals surface area contributed by atoms with Crippen LogP contribution in [0.15, 0.2) is 30.9 Å². The second-order valence-corrected chi connectivity index (χ2v) is 7.93. The molecule has 4 N–H and O–H groups in total. The summed E-state index contributed by atoms with van der Waals surface area (Å²) in [5.41, 5.74) is 3.48. The Hall–Kier alpha value is -2.79. The van der Waals surface area contributed by atoms with Gasteiger partial charge in [0.1, 0.15) is 30.4 Å². The Balaban J connectivity index is 1.46. The van der Waals surface area contributed by atoms with Crippen molar-refractivity contribution in [1.29, 1.82) is 0 Å². The molecule has 10 nitrogen and oxygen atoms in total. The summed E-state index contributed by atoms with van der Waals surface area (Å²) in [5, 5.41) is 33.3. The number of hydrogen-bond acceptors (Lipinski definition) is 9. The fraction of sp³-hybridized carbons (Fsp3) is 0.476. The Labute approximate surface area is 178 Å². The summed E-state index contributed by atoms with van der Waals surface area (Å²) in [6.07, 6.45) is 1.78.